The number of aliphatic hydroxyl groups is 1. The molecule has 0 aliphatic carbocycles. The average Bonchev–Trinajstić information content (AvgIpc) is 3.69. The van der Waals surface area contributed by atoms with Crippen LogP contribution in [0.4, 0.5) is 0 Å². The van der Waals surface area contributed by atoms with Crippen LogP contribution in [0.5, 0.6) is 0 Å². The third-order valence-corrected chi connectivity index (χ3v) is 17.6. The summed E-state index contributed by atoms with van der Waals surface area (Å²) >= 11 is 0. The smallest absolute Gasteiger partial charge is 0.462 e. The molecule has 2 unspecified atom stereocenters. The molecule has 0 bridgehead atoms. The van der Waals surface area contributed by atoms with E-state index in [4.69, 9.17) is 37.0 Å². The molecular weight excluding hydrogens is 1150 g/mol. The number of phosphoric acid groups is 2. The van der Waals surface area contributed by atoms with Crippen molar-refractivity contribution in [3.05, 3.63) is 0 Å². The van der Waals surface area contributed by atoms with Gasteiger partial charge < -0.3 is 33.8 Å². The van der Waals surface area contributed by atoms with Crippen LogP contribution in [0.15, 0.2) is 0 Å². The number of unbranched alkanes of at least 4 members (excludes halogenated alkanes) is 37. The number of ether oxygens (including phenoxy) is 4. The van der Waals surface area contributed by atoms with Crippen LogP contribution in [0, 0.1) is 11.8 Å². The second-order valence-electron chi connectivity index (χ2n) is 25.5. The highest BCUT2D eigenvalue weighted by Gasteiger charge is 2.30. The van der Waals surface area contributed by atoms with E-state index < -0.39 is 97.5 Å². The summed E-state index contributed by atoms with van der Waals surface area (Å²) in [6, 6.07) is 0. The van der Waals surface area contributed by atoms with Gasteiger partial charge in [0.05, 0.1) is 26.4 Å². The minimum absolute atomic E-state index is 0.104. The van der Waals surface area contributed by atoms with Crippen molar-refractivity contribution in [3.8, 4) is 0 Å². The van der Waals surface area contributed by atoms with Crippen LogP contribution in [0.3, 0.4) is 0 Å². The van der Waals surface area contributed by atoms with Gasteiger partial charge in [0.25, 0.3) is 0 Å². The second kappa shape index (κ2) is 60.3. The molecule has 0 saturated carbocycles. The van der Waals surface area contributed by atoms with E-state index in [1.807, 2.05) is 0 Å². The molecule has 0 aromatic heterocycles. The van der Waals surface area contributed by atoms with Crippen LogP contribution in [-0.2, 0) is 65.4 Å². The van der Waals surface area contributed by atoms with Crippen LogP contribution < -0.4 is 0 Å². The lowest BCUT2D eigenvalue weighted by atomic mass is 10.0. The Bertz CT molecular complexity index is 1700. The SMILES string of the molecule is CCCCCCCCCCC(=O)O[C@H](COC(=O)CCCCCCC)COP(=O)(O)OC[C@H](O)COP(=O)(O)OC[C@@H](COC(=O)CCCCCCCCCCCCCCC(C)C)OC(=O)CCCCCCCCCCCCCCCCCCC(C)C. The Morgan fingerprint density at radius 3 is 0.782 bits per heavy atom. The summed E-state index contributed by atoms with van der Waals surface area (Å²) in [5.74, 6) is -0.550. The lowest BCUT2D eigenvalue weighted by Crippen LogP contribution is -2.30. The standard InChI is InChI=1S/C68H132O17P2/c1-7-9-11-13-14-33-40-46-52-67(72)84-63(56-78-65(70)50-44-36-12-10-8-2)58-82-86(74,75)80-54-62(69)55-81-87(76,77)83-59-64(57-79-66(71)51-45-39-34-29-25-22-21-24-28-32-38-43-49-61(5)6)85-68(73)53-47-41-35-30-26-20-18-16-15-17-19-23-27-31-37-42-48-60(3)4/h60-64,69H,7-59H2,1-6H3,(H,74,75)(H,76,77)/t62-,63+,64+/m0/s1. The molecule has 0 spiro atoms. The van der Waals surface area contributed by atoms with Crippen molar-refractivity contribution in [2.24, 2.45) is 11.8 Å². The first-order valence-corrected chi connectivity index (χ1v) is 38.5. The third kappa shape index (κ3) is 62.6. The lowest BCUT2D eigenvalue weighted by Gasteiger charge is -2.21. The van der Waals surface area contributed by atoms with Crippen LogP contribution in [0.2, 0.25) is 0 Å². The Hall–Kier alpha value is -1.94. The molecule has 0 rings (SSSR count). The van der Waals surface area contributed by atoms with E-state index in [2.05, 4.69) is 41.5 Å². The highest BCUT2D eigenvalue weighted by Crippen LogP contribution is 2.45. The fourth-order valence-electron chi connectivity index (χ4n) is 10.2. The molecule has 0 aliphatic heterocycles. The van der Waals surface area contributed by atoms with Crippen molar-refractivity contribution in [1.82, 2.24) is 0 Å². The average molecular weight is 1280 g/mol. The van der Waals surface area contributed by atoms with E-state index in [1.165, 1.54) is 148 Å². The van der Waals surface area contributed by atoms with Gasteiger partial charge in [-0.15, -0.1) is 0 Å². The van der Waals surface area contributed by atoms with E-state index in [9.17, 15) is 43.2 Å². The second-order valence-corrected chi connectivity index (χ2v) is 28.4. The minimum Gasteiger partial charge on any atom is -0.462 e. The van der Waals surface area contributed by atoms with Crippen LogP contribution >= 0.6 is 15.6 Å². The van der Waals surface area contributed by atoms with Crippen LogP contribution in [0.1, 0.15) is 343 Å². The van der Waals surface area contributed by atoms with Gasteiger partial charge in [0, 0.05) is 25.7 Å². The highest BCUT2D eigenvalue weighted by molar-refractivity contribution is 7.47. The topological polar surface area (TPSA) is 237 Å². The van der Waals surface area contributed by atoms with Crippen molar-refractivity contribution in [2.45, 2.75) is 362 Å². The molecule has 0 aromatic carbocycles. The van der Waals surface area contributed by atoms with Gasteiger partial charge in [0.1, 0.15) is 19.3 Å². The summed E-state index contributed by atoms with van der Waals surface area (Å²) in [5.41, 5.74) is 0. The molecule has 3 N–H and O–H groups in total. The molecule has 0 radical (unpaired) electrons. The minimum atomic E-state index is -4.95. The predicted molar refractivity (Wildman–Crippen MR) is 349 cm³/mol. The fraction of sp³-hybridized carbons (Fsp3) is 0.941. The first-order valence-electron chi connectivity index (χ1n) is 35.5. The molecule has 516 valence electrons. The summed E-state index contributed by atoms with van der Waals surface area (Å²) in [7, 11) is -9.88. The zero-order valence-corrected chi connectivity index (χ0v) is 58.1. The van der Waals surface area contributed by atoms with Gasteiger partial charge in [0.2, 0.25) is 0 Å². The molecule has 0 aromatic rings. The van der Waals surface area contributed by atoms with Crippen LogP contribution in [0.25, 0.3) is 0 Å². The maximum Gasteiger partial charge on any atom is 0.472 e. The van der Waals surface area contributed by atoms with Crippen molar-refractivity contribution < 1.29 is 80.2 Å². The molecule has 0 aliphatic rings. The van der Waals surface area contributed by atoms with Crippen LogP contribution in [-0.4, -0.2) is 96.7 Å². The summed E-state index contributed by atoms with van der Waals surface area (Å²) in [4.78, 5) is 72.1. The zero-order valence-electron chi connectivity index (χ0n) is 56.3. The van der Waals surface area contributed by atoms with Crippen molar-refractivity contribution in [3.63, 3.8) is 0 Å². The normalized spacial score (nSPS) is 14.2. The quantitative estimate of drug-likeness (QED) is 0.0222. The molecule has 0 fully saturated rings. The van der Waals surface area contributed by atoms with Crippen molar-refractivity contribution >= 4 is 39.5 Å². The molecule has 19 heteroatoms. The molecule has 17 nitrogen and oxygen atoms in total. The molecule has 5 atom stereocenters. The third-order valence-electron chi connectivity index (χ3n) is 15.7. The molecule has 0 heterocycles. The number of esters is 4. The van der Waals surface area contributed by atoms with Gasteiger partial charge in [-0.05, 0) is 37.5 Å². The summed E-state index contributed by atoms with van der Waals surface area (Å²) in [6.07, 6.45) is 44.9. The maximum atomic E-state index is 13.0. The Labute approximate surface area is 530 Å². The van der Waals surface area contributed by atoms with Gasteiger partial charge in [0.15, 0.2) is 12.2 Å². The number of aliphatic hydroxyl groups excluding tert-OH is 1. The van der Waals surface area contributed by atoms with Crippen molar-refractivity contribution in [2.75, 3.05) is 39.6 Å². The number of carbonyl (C=O) groups excluding carboxylic acids is 4. The monoisotopic (exact) mass is 1280 g/mol. The fourth-order valence-corrected chi connectivity index (χ4v) is 11.8. The summed E-state index contributed by atoms with van der Waals surface area (Å²) in [5, 5.41) is 10.5. The molecular formula is C68H132O17P2. The largest absolute Gasteiger partial charge is 0.472 e. The van der Waals surface area contributed by atoms with E-state index >= 15 is 0 Å². The van der Waals surface area contributed by atoms with E-state index in [0.717, 1.165) is 115 Å². The zero-order chi connectivity index (χ0) is 64.3. The number of hydrogen-bond acceptors (Lipinski definition) is 15. The van der Waals surface area contributed by atoms with Gasteiger partial charge in [-0.1, -0.05) is 292 Å². The van der Waals surface area contributed by atoms with E-state index in [1.54, 1.807) is 0 Å². The van der Waals surface area contributed by atoms with Gasteiger partial charge >= 0.3 is 39.5 Å². The Balaban J connectivity index is 5.12. The number of rotatable bonds is 67. The highest BCUT2D eigenvalue weighted by atomic mass is 31.2. The lowest BCUT2D eigenvalue weighted by molar-refractivity contribution is -0.161. The number of phosphoric ester groups is 2. The molecule has 0 amide bonds. The van der Waals surface area contributed by atoms with Gasteiger partial charge in [-0.25, -0.2) is 9.13 Å². The summed E-state index contributed by atoms with van der Waals surface area (Å²) < 4.78 is 67.9. The Kier molecular flexibility index (Phi) is 59.0. The number of carbonyl (C=O) groups is 4. The Morgan fingerprint density at radius 2 is 0.529 bits per heavy atom. The first-order chi connectivity index (χ1) is 41.9. The number of hydrogen-bond donors (Lipinski definition) is 3. The Morgan fingerprint density at radius 1 is 0.310 bits per heavy atom. The first kappa shape index (κ1) is 85.1. The predicted octanol–water partition coefficient (Wildman–Crippen LogP) is 19.2. The summed E-state index contributed by atoms with van der Waals surface area (Å²) in [6.45, 7) is 9.46. The molecule has 87 heavy (non-hydrogen) atoms. The molecule has 0 saturated heterocycles. The van der Waals surface area contributed by atoms with Crippen molar-refractivity contribution in [1.29, 1.82) is 0 Å². The van der Waals surface area contributed by atoms with E-state index in [-0.39, 0.29) is 25.7 Å². The van der Waals surface area contributed by atoms with Gasteiger partial charge in [-0.2, -0.15) is 0 Å². The van der Waals surface area contributed by atoms with Gasteiger partial charge in [-0.3, -0.25) is 37.3 Å². The maximum absolute atomic E-state index is 13.0. The van der Waals surface area contributed by atoms with E-state index in [0.29, 0.717) is 25.7 Å².